The smallest absolute Gasteiger partial charge is 0.322 e. The Hall–Kier alpha value is -1.82. The van der Waals surface area contributed by atoms with Gasteiger partial charge in [0, 0.05) is 5.69 Å². The van der Waals surface area contributed by atoms with Crippen molar-refractivity contribution in [1.82, 2.24) is 0 Å². The molecule has 0 radical (unpaired) electrons. The van der Waals surface area contributed by atoms with Crippen LogP contribution in [-0.2, 0) is 4.79 Å². The van der Waals surface area contributed by atoms with Crippen LogP contribution in [0.4, 0.5) is 10.1 Å². The van der Waals surface area contributed by atoms with Gasteiger partial charge in [-0.15, -0.1) is 12.4 Å². The van der Waals surface area contributed by atoms with Crippen molar-refractivity contribution in [3.63, 3.8) is 0 Å². The molecule has 7 heteroatoms. The largest absolute Gasteiger partial charge is 0.480 e. The van der Waals surface area contributed by atoms with E-state index >= 15 is 0 Å². The molecule has 16 heavy (non-hydrogen) atoms. The molecule has 0 unspecified atom stereocenters. The average molecular weight is 248 g/mol. The second kappa shape index (κ2) is 5.92. The van der Waals surface area contributed by atoms with Crippen LogP contribution in [0.25, 0.3) is 0 Å². The highest BCUT2D eigenvalue weighted by Gasteiger charge is 2.11. The van der Waals surface area contributed by atoms with Crippen LogP contribution < -0.4 is 11.1 Å². The first-order chi connectivity index (χ1) is 7.02. The number of carboxylic acid groups (broad SMARTS) is 1. The number of nitrogens with one attached hydrogen (secondary N) is 2. The lowest BCUT2D eigenvalue weighted by Crippen LogP contribution is -2.19. The van der Waals surface area contributed by atoms with Gasteiger partial charge < -0.3 is 16.2 Å². The molecule has 0 bridgehead atoms. The number of anilines is 1. The predicted octanol–water partition coefficient (Wildman–Crippen LogP) is 1.03. The van der Waals surface area contributed by atoms with E-state index in [0.717, 1.165) is 6.07 Å². The number of halogens is 2. The van der Waals surface area contributed by atoms with E-state index in [1.807, 2.05) is 0 Å². The molecule has 1 aromatic rings. The lowest BCUT2D eigenvalue weighted by atomic mass is 10.1. The fourth-order valence-corrected chi connectivity index (χ4v) is 1.12. The molecule has 0 saturated carbocycles. The minimum Gasteiger partial charge on any atom is -0.480 e. The van der Waals surface area contributed by atoms with Gasteiger partial charge in [0.15, 0.2) is 0 Å². The third kappa shape index (κ3) is 3.39. The molecule has 0 spiro atoms. The van der Waals surface area contributed by atoms with Gasteiger partial charge in [-0.1, -0.05) is 6.07 Å². The van der Waals surface area contributed by atoms with Crippen LogP contribution in [0.1, 0.15) is 5.56 Å². The van der Waals surface area contributed by atoms with Gasteiger partial charge in [0.1, 0.15) is 18.2 Å². The number of hydrogen-bond donors (Lipinski definition) is 4. The van der Waals surface area contributed by atoms with E-state index in [-0.39, 0.29) is 30.2 Å². The van der Waals surface area contributed by atoms with Crippen molar-refractivity contribution in [2.75, 3.05) is 11.9 Å². The normalized spacial score (nSPS) is 9.06. The number of amidine groups is 1. The molecule has 0 saturated heterocycles. The Kier molecular flexibility index (Phi) is 5.24. The Morgan fingerprint density at radius 3 is 2.69 bits per heavy atom. The van der Waals surface area contributed by atoms with Crippen molar-refractivity contribution >= 4 is 29.9 Å². The molecule has 0 aliphatic carbocycles. The van der Waals surface area contributed by atoms with E-state index in [2.05, 4.69) is 5.32 Å². The number of aliphatic carboxylic acids is 1. The number of nitrogen functional groups attached to an aromatic ring is 1. The molecule has 0 fully saturated rings. The SMILES string of the molecule is Cl.N=C(N)c1c(F)cccc1NCC(=O)O. The summed E-state index contributed by atoms with van der Waals surface area (Å²) in [6.07, 6.45) is 0. The first-order valence-corrected chi connectivity index (χ1v) is 4.11. The zero-order chi connectivity index (χ0) is 11.4. The topological polar surface area (TPSA) is 99.2 Å². The van der Waals surface area contributed by atoms with Gasteiger partial charge in [-0.25, -0.2) is 4.39 Å². The van der Waals surface area contributed by atoms with Crippen molar-refractivity contribution in [1.29, 1.82) is 5.41 Å². The van der Waals surface area contributed by atoms with Crippen molar-refractivity contribution in [3.05, 3.63) is 29.6 Å². The summed E-state index contributed by atoms with van der Waals surface area (Å²) >= 11 is 0. The standard InChI is InChI=1S/C9H10FN3O2.ClH/c10-5-2-1-3-6(8(5)9(11)12)13-4-7(14)15;/h1-3,13H,4H2,(H3,11,12)(H,14,15);1H. The second-order valence-electron chi connectivity index (χ2n) is 2.82. The number of rotatable bonds is 4. The molecule has 0 aromatic heterocycles. The Balaban J connectivity index is 0.00000225. The summed E-state index contributed by atoms with van der Waals surface area (Å²) in [5.41, 5.74) is 5.26. The average Bonchev–Trinajstić information content (AvgIpc) is 2.13. The fourth-order valence-electron chi connectivity index (χ4n) is 1.12. The third-order valence-corrected chi connectivity index (χ3v) is 1.71. The number of carboxylic acids is 1. The van der Waals surface area contributed by atoms with Gasteiger partial charge in [0.25, 0.3) is 0 Å². The van der Waals surface area contributed by atoms with E-state index in [4.69, 9.17) is 16.2 Å². The number of nitrogens with two attached hydrogens (primary N) is 1. The molecular formula is C9H11ClFN3O2. The zero-order valence-corrected chi connectivity index (χ0v) is 8.97. The van der Waals surface area contributed by atoms with Crippen LogP contribution in [0.15, 0.2) is 18.2 Å². The maximum Gasteiger partial charge on any atom is 0.322 e. The molecule has 1 rings (SSSR count). The van der Waals surface area contributed by atoms with Crippen molar-refractivity contribution in [3.8, 4) is 0 Å². The van der Waals surface area contributed by atoms with E-state index < -0.39 is 17.6 Å². The van der Waals surface area contributed by atoms with E-state index in [9.17, 15) is 9.18 Å². The van der Waals surface area contributed by atoms with E-state index in [1.54, 1.807) is 0 Å². The summed E-state index contributed by atoms with van der Waals surface area (Å²) in [5.74, 6) is -2.17. The van der Waals surface area contributed by atoms with Crippen LogP contribution in [0, 0.1) is 11.2 Å². The zero-order valence-electron chi connectivity index (χ0n) is 8.16. The number of carbonyl (C=O) groups is 1. The van der Waals surface area contributed by atoms with E-state index in [0.29, 0.717) is 0 Å². The summed E-state index contributed by atoms with van der Waals surface area (Å²) in [6.45, 7) is -0.357. The maximum absolute atomic E-state index is 13.2. The van der Waals surface area contributed by atoms with Crippen LogP contribution in [0.2, 0.25) is 0 Å². The summed E-state index contributed by atoms with van der Waals surface area (Å²) in [6, 6.07) is 4.03. The molecule has 0 amide bonds. The molecular weight excluding hydrogens is 237 g/mol. The van der Waals surface area contributed by atoms with Gasteiger partial charge in [-0.05, 0) is 12.1 Å². The Morgan fingerprint density at radius 1 is 1.56 bits per heavy atom. The molecule has 0 atom stereocenters. The molecule has 1 aromatic carbocycles. The van der Waals surface area contributed by atoms with Crippen molar-refractivity contribution in [2.24, 2.45) is 5.73 Å². The Labute approximate surface area is 97.4 Å². The van der Waals surface area contributed by atoms with Crippen LogP contribution in [-0.4, -0.2) is 23.5 Å². The van der Waals surface area contributed by atoms with Crippen LogP contribution >= 0.6 is 12.4 Å². The molecule has 5 nitrogen and oxygen atoms in total. The molecule has 5 N–H and O–H groups in total. The van der Waals surface area contributed by atoms with Crippen molar-refractivity contribution in [2.45, 2.75) is 0 Å². The lowest BCUT2D eigenvalue weighted by Gasteiger charge is -2.09. The molecule has 0 aliphatic heterocycles. The van der Waals surface area contributed by atoms with Gasteiger partial charge in [-0.3, -0.25) is 10.2 Å². The maximum atomic E-state index is 13.2. The molecule has 0 aliphatic rings. The number of hydrogen-bond acceptors (Lipinski definition) is 3. The highest BCUT2D eigenvalue weighted by molar-refractivity contribution is 6.00. The highest BCUT2D eigenvalue weighted by Crippen LogP contribution is 2.17. The minimum atomic E-state index is -1.08. The first kappa shape index (κ1) is 14.2. The van der Waals surface area contributed by atoms with Crippen LogP contribution in [0.5, 0.6) is 0 Å². The van der Waals surface area contributed by atoms with Gasteiger partial charge in [0.05, 0.1) is 5.56 Å². The number of benzene rings is 1. The quantitative estimate of drug-likeness (QED) is 0.472. The summed E-state index contributed by atoms with van der Waals surface area (Å²) in [4.78, 5) is 10.3. The Bertz CT molecular complexity index is 412. The van der Waals surface area contributed by atoms with Gasteiger partial charge in [-0.2, -0.15) is 0 Å². The highest BCUT2D eigenvalue weighted by atomic mass is 35.5. The predicted molar refractivity (Wildman–Crippen MR) is 60.8 cm³/mol. The van der Waals surface area contributed by atoms with Gasteiger partial charge >= 0.3 is 5.97 Å². The fraction of sp³-hybridized carbons (Fsp3) is 0.111. The summed E-state index contributed by atoms with van der Waals surface area (Å²) in [7, 11) is 0. The summed E-state index contributed by atoms with van der Waals surface area (Å²) < 4.78 is 13.2. The van der Waals surface area contributed by atoms with Crippen molar-refractivity contribution < 1.29 is 14.3 Å². The Morgan fingerprint density at radius 2 is 2.19 bits per heavy atom. The molecule has 88 valence electrons. The lowest BCUT2D eigenvalue weighted by molar-refractivity contribution is -0.134. The third-order valence-electron chi connectivity index (χ3n) is 1.71. The summed E-state index contributed by atoms with van der Waals surface area (Å²) in [5, 5.41) is 18.1. The minimum absolute atomic E-state index is 0. The monoisotopic (exact) mass is 247 g/mol. The van der Waals surface area contributed by atoms with Crippen LogP contribution in [0.3, 0.4) is 0 Å². The van der Waals surface area contributed by atoms with Gasteiger partial charge in [0.2, 0.25) is 0 Å². The second-order valence-corrected chi connectivity index (χ2v) is 2.82. The first-order valence-electron chi connectivity index (χ1n) is 4.11. The van der Waals surface area contributed by atoms with E-state index in [1.165, 1.54) is 12.1 Å². The molecule has 0 heterocycles.